The first-order chi connectivity index (χ1) is 21.0. The number of anilines is 1. The van der Waals surface area contributed by atoms with E-state index in [2.05, 4.69) is 70.1 Å². The molecule has 10 heteroatoms. The van der Waals surface area contributed by atoms with Crippen LogP contribution in [0.15, 0.2) is 65.1 Å². The number of rotatable bonds is 9. The van der Waals surface area contributed by atoms with Gasteiger partial charge in [0.15, 0.2) is 11.5 Å². The molecule has 0 unspecified atom stereocenters. The van der Waals surface area contributed by atoms with Crippen LogP contribution in [0.25, 0.3) is 5.69 Å². The predicted molar refractivity (Wildman–Crippen MR) is 170 cm³/mol. The first-order valence-electron chi connectivity index (χ1n) is 14.8. The Labute approximate surface area is 260 Å². The first kappa shape index (κ1) is 29.3. The third-order valence-corrected chi connectivity index (χ3v) is 8.91. The summed E-state index contributed by atoms with van der Waals surface area (Å²) in [6.07, 6.45) is 2.76. The standard InChI is InChI=1S/C33H37BrN6O3/c1-23-36-37-32-13-9-25-19-27(10-11-29(25)40(23)32)35-33(41)21-39-15-5-14-38(16-17-39)20-24-8-12-30(31(18-24)42-2)43-22-26-6-3-4-7-28(26)34/h3-4,6-8,10-12,18-19H,5,9,13-17,20-22H2,1-2H3,(H,35,41). The zero-order valence-corrected chi connectivity index (χ0v) is 26.3. The number of carbonyl (C=O) groups excluding carboxylic acids is 1. The number of ether oxygens (including phenoxy) is 2. The first-order valence-corrected chi connectivity index (χ1v) is 15.6. The molecule has 1 aromatic heterocycles. The molecule has 1 fully saturated rings. The fourth-order valence-electron chi connectivity index (χ4n) is 5.91. The van der Waals surface area contributed by atoms with Crippen LogP contribution in [0, 0.1) is 6.92 Å². The molecule has 1 N–H and O–H groups in total. The van der Waals surface area contributed by atoms with Crippen LogP contribution in [0.5, 0.6) is 11.5 Å². The Hall–Kier alpha value is -3.73. The Morgan fingerprint density at radius 2 is 1.79 bits per heavy atom. The lowest BCUT2D eigenvalue weighted by Crippen LogP contribution is -2.36. The highest BCUT2D eigenvalue weighted by Crippen LogP contribution is 2.31. The molecule has 0 atom stereocenters. The lowest BCUT2D eigenvalue weighted by atomic mass is 10.0. The number of hydrogen-bond acceptors (Lipinski definition) is 7. The van der Waals surface area contributed by atoms with Crippen molar-refractivity contribution in [2.45, 2.75) is 39.3 Å². The Morgan fingerprint density at radius 3 is 2.65 bits per heavy atom. The molecule has 6 rings (SSSR count). The molecule has 0 radical (unpaired) electrons. The van der Waals surface area contributed by atoms with Crippen molar-refractivity contribution in [2.24, 2.45) is 0 Å². The maximum absolute atomic E-state index is 13.0. The van der Waals surface area contributed by atoms with Gasteiger partial charge in [0, 0.05) is 41.8 Å². The third kappa shape index (κ3) is 6.92. The van der Waals surface area contributed by atoms with Crippen LogP contribution in [0.4, 0.5) is 5.69 Å². The minimum absolute atomic E-state index is 0.0215. The van der Waals surface area contributed by atoms with Crippen molar-refractivity contribution in [1.82, 2.24) is 24.6 Å². The summed E-state index contributed by atoms with van der Waals surface area (Å²) in [6.45, 7) is 7.26. The van der Waals surface area contributed by atoms with Gasteiger partial charge in [-0.2, -0.15) is 0 Å². The van der Waals surface area contributed by atoms with Gasteiger partial charge in [-0.15, -0.1) is 10.2 Å². The second-order valence-electron chi connectivity index (χ2n) is 11.2. The van der Waals surface area contributed by atoms with Crippen LogP contribution in [-0.4, -0.2) is 70.3 Å². The summed E-state index contributed by atoms with van der Waals surface area (Å²) in [5, 5.41) is 11.6. The zero-order chi connectivity index (χ0) is 29.8. The number of amides is 1. The van der Waals surface area contributed by atoms with Crippen molar-refractivity contribution in [3.8, 4) is 17.2 Å². The van der Waals surface area contributed by atoms with Crippen molar-refractivity contribution < 1.29 is 14.3 Å². The SMILES string of the molecule is COc1cc(CN2CCCN(CC(=O)Nc3ccc4c(c3)CCc3nnc(C)n3-4)CC2)ccc1OCc1ccccc1Br. The maximum Gasteiger partial charge on any atom is 0.238 e. The number of methoxy groups -OCH3 is 1. The Morgan fingerprint density at radius 1 is 0.953 bits per heavy atom. The van der Waals surface area contributed by atoms with Gasteiger partial charge in [-0.05, 0) is 80.4 Å². The van der Waals surface area contributed by atoms with E-state index in [1.165, 1.54) is 11.1 Å². The van der Waals surface area contributed by atoms with Gasteiger partial charge < -0.3 is 14.8 Å². The molecule has 2 aliphatic heterocycles. The summed E-state index contributed by atoms with van der Waals surface area (Å²) < 4.78 is 14.9. The van der Waals surface area contributed by atoms with E-state index < -0.39 is 0 Å². The number of aryl methyl sites for hydroxylation is 3. The van der Waals surface area contributed by atoms with Crippen molar-refractivity contribution >= 4 is 27.5 Å². The van der Waals surface area contributed by atoms with E-state index in [0.717, 1.165) is 96.5 Å². The van der Waals surface area contributed by atoms with Crippen LogP contribution in [0.1, 0.15) is 34.8 Å². The second kappa shape index (κ2) is 13.3. The Bertz CT molecular complexity index is 1610. The molecule has 4 aromatic rings. The molecule has 2 aliphatic rings. The minimum Gasteiger partial charge on any atom is -0.493 e. The Balaban J connectivity index is 1.00. The normalized spacial score (nSPS) is 15.3. The minimum atomic E-state index is 0.0215. The number of aromatic nitrogens is 3. The summed E-state index contributed by atoms with van der Waals surface area (Å²) in [5.41, 5.74) is 5.42. The summed E-state index contributed by atoms with van der Waals surface area (Å²) in [7, 11) is 1.68. The fraction of sp³-hybridized carbons (Fsp3) is 0.364. The number of halogens is 1. The Kier molecular flexibility index (Phi) is 9.06. The van der Waals surface area contributed by atoms with Crippen molar-refractivity contribution in [2.75, 3.05) is 45.2 Å². The molecule has 224 valence electrons. The van der Waals surface area contributed by atoms with Crippen LogP contribution < -0.4 is 14.8 Å². The van der Waals surface area contributed by atoms with Crippen molar-refractivity contribution in [3.63, 3.8) is 0 Å². The lowest BCUT2D eigenvalue weighted by molar-refractivity contribution is -0.117. The number of fused-ring (bicyclic) bond motifs is 3. The highest BCUT2D eigenvalue weighted by molar-refractivity contribution is 9.10. The summed E-state index contributed by atoms with van der Waals surface area (Å²) >= 11 is 3.58. The smallest absolute Gasteiger partial charge is 0.238 e. The van der Waals surface area contributed by atoms with Crippen LogP contribution in [0.3, 0.4) is 0 Å². The molecular formula is C33H37BrN6O3. The van der Waals surface area contributed by atoms with Gasteiger partial charge in [0.1, 0.15) is 18.3 Å². The summed E-state index contributed by atoms with van der Waals surface area (Å²) in [5.74, 6) is 3.37. The van der Waals surface area contributed by atoms with E-state index in [9.17, 15) is 4.79 Å². The van der Waals surface area contributed by atoms with Crippen LogP contribution in [0.2, 0.25) is 0 Å². The van der Waals surface area contributed by atoms with Gasteiger partial charge in [0.25, 0.3) is 0 Å². The van der Waals surface area contributed by atoms with Crippen molar-refractivity contribution in [1.29, 1.82) is 0 Å². The molecule has 0 saturated carbocycles. The van der Waals surface area contributed by atoms with E-state index in [-0.39, 0.29) is 5.91 Å². The molecule has 0 aliphatic carbocycles. The molecule has 0 spiro atoms. The average molecular weight is 646 g/mol. The molecule has 0 bridgehead atoms. The number of benzene rings is 3. The van der Waals surface area contributed by atoms with Gasteiger partial charge in [-0.1, -0.05) is 40.2 Å². The van der Waals surface area contributed by atoms with Gasteiger partial charge in [-0.3, -0.25) is 19.2 Å². The molecule has 9 nitrogen and oxygen atoms in total. The quantitative estimate of drug-likeness (QED) is 0.269. The molecule has 3 aromatic carbocycles. The van der Waals surface area contributed by atoms with E-state index in [0.29, 0.717) is 13.2 Å². The zero-order valence-electron chi connectivity index (χ0n) is 24.7. The predicted octanol–water partition coefficient (Wildman–Crippen LogP) is 5.17. The fourth-order valence-corrected chi connectivity index (χ4v) is 6.31. The average Bonchev–Trinajstić information content (AvgIpc) is 3.26. The van der Waals surface area contributed by atoms with E-state index >= 15 is 0 Å². The largest absolute Gasteiger partial charge is 0.493 e. The molecule has 43 heavy (non-hydrogen) atoms. The molecule has 3 heterocycles. The van der Waals surface area contributed by atoms with Gasteiger partial charge in [0.2, 0.25) is 5.91 Å². The summed E-state index contributed by atoms with van der Waals surface area (Å²) in [4.78, 5) is 17.7. The molecule has 1 amide bonds. The van der Waals surface area contributed by atoms with Crippen LogP contribution >= 0.6 is 15.9 Å². The highest BCUT2D eigenvalue weighted by atomic mass is 79.9. The third-order valence-electron chi connectivity index (χ3n) is 8.14. The summed E-state index contributed by atoms with van der Waals surface area (Å²) in [6, 6.07) is 20.3. The number of nitrogens with zero attached hydrogens (tertiary/aromatic N) is 5. The van der Waals surface area contributed by atoms with E-state index in [1.54, 1.807) is 7.11 Å². The van der Waals surface area contributed by atoms with Gasteiger partial charge in [-0.25, -0.2) is 0 Å². The lowest BCUT2D eigenvalue weighted by Gasteiger charge is -2.22. The van der Waals surface area contributed by atoms with E-state index in [1.807, 2.05) is 43.3 Å². The second-order valence-corrected chi connectivity index (χ2v) is 12.0. The van der Waals surface area contributed by atoms with E-state index in [4.69, 9.17) is 9.47 Å². The number of carbonyl (C=O) groups is 1. The van der Waals surface area contributed by atoms with Gasteiger partial charge >= 0.3 is 0 Å². The maximum atomic E-state index is 13.0. The van der Waals surface area contributed by atoms with Crippen LogP contribution in [-0.2, 0) is 30.8 Å². The number of nitrogens with one attached hydrogen (secondary N) is 1. The highest BCUT2D eigenvalue weighted by Gasteiger charge is 2.21. The molecule has 1 saturated heterocycles. The number of hydrogen-bond donors (Lipinski definition) is 1. The molecular weight excluding hydrogens is 608 g/mol. The topological polar surface area (TPSA) is 84.8 Å². The monoisotopic (exact) mass is 644 g/mol. The van der Waals surface area contributed by atoms with Gasteiger partial charge in [0.05, 0.1) is 19.3 Å². The van der Waals surface area contributed by atoms with Crippen molar-refractivity contribution in [3.05, 3.63) is 93.5 Å².